The van der Waals surface area contributed by atoms with Crippen LogP contribution in [0.5, 0.6) is 17.2 Å². The van der Waals surface area contributed by atoms with Gasteiger partial charge in [0, 0.05) is 11.6 Å². The van der Waals surface area contributed by atoms with Crippen LogP contribution >= 0.6 is 0 Å². The van der Waals surface area contributed by atoms with E-state index in [0.29, 0.717) is 17.9 Å². The Morgan fingerprint density at radius 1 is 0.907 bits per heavy atom. The number of ether oxygens (including phenoxy) is 2. The first-order valence-electron chi connectivity index (χ1n) is 15.1. The van der Waals surface area contributed by atoms with Crippen LogP contribution < -0.4 is 14.8 Å². The molecule has 1 aromatic heterocycles. The Kier molecular flexibility index (Phi) is 9.29. The number of rotatable bonds is 11. The van der Waals surface area contributed by atoms with Crippen molar-refractivity contribution in [3.8, 4) is 17.2 Å². The third kappa shape index (κ3) is 8.13. The predicted molar refractivity (Wildman–Crippen MR) is 168 cm³/mol. The second kappa shape index (κ2) is 13.3. The van der Waals surface area contributed by atoms with Crippen molar-refractivity contribution in [3.05, 3.63) is 95.8 Å². The highest BCUT2D eigenvalue weighted by atomic mass is 16.5. The van der Waals surface area contributed by atoms with Gasteiger partial charge in [0.05, 0.1) is 19.1 Å². The summed E-state index contributed by atoms with van der Waals surface area (Å²) >= 11 is 0. The molecule has 1 atom stereocenters. The Balaban J connectivity index is 1.25. The maximum atomic E-state index is 13.3. The lowest BCUT2D eigenvalue weighted by Gasteiger charge is -2.19. The number of carboxylic acid groups (broad SMARTS) is 1. The molecule has 1 aliphatic carbocycles. The molecule has 0 radical (unpaired) electrons. The zero-order valence-electron chi connectivity index (χ0n) is 25.1. The maximum absolute atomic E-state index is 13.3. The number of benzene rings is 3. The highest BCUT2D eigenvalue weighted by molar-refractivity contribution is 5.97. The van der Waals surface area contributed by atoms with Crippen molar-refractivity contribution in [2.75, 3.05) is 6.61 Å². The molecule has 4 aromatic rings. The van der Waals surface area contributed by atoms with E-state index >= 15 is 0 Å². The smallest absolute Gasteiger partial charge is 0.305 e. The number of hydrogen-bond donors (Lipinski definition) is 2. The molecule has 3 aromatic carbocycles. The number of carboxylic acids is 1. The SMILES string of the molecule is CC(C)(C)c1ccc(Oc2ccc3cnc(C(=O)NC(CC(=O)O)c4ccc(OCCC5CCCC5)cc4)cc3c2)cc1. The van der Waals surface area contributed by atoms with E-state index in [-0.39, 0.29) is 17.5 Å². The molecular weight excluding hydrogens is 540 g/mol. The van der Waals surface area contributed by atoms with Gasteiger partial charge in [-0.15, -0.1) is 0 Å². The fourth-order valence-corrected chi connectivity index (χ4v) is 5.56. The van der Waals surface area contributed by atoms with E-state index in [2.05, 4.69) is 43.2 Å². The van der Waals surface area contributed by atoms with Crippen LogP contribution in [-0.2, 0) is 10.2 Å². The summed E-state index contributed by atoms with van der Waals surface area (Å²) in [6.07, 6.45) is 7.62. The Bertz CT molecular complexity index is 1550. The van der Waals surface area contributed by atoms with Crippen molar-refractivity contribution < 1.29 is 24.2 Å². The van der Waals surface area contributed by atoms with E-state index in [4.69, 9.17) is 9.47 Å². The van der Waals surface area contributed by atoms with Gasteiger partial charge in [-0.1, -0.05) is 70.7 Å². The Hall–Kier alpha value is -4.39. The summed E-state index contributed by atoms with van der Waals surface area (Å²) < 4.78 is 12.0. The zero-order valence-corrected chi connectivity index (χ0v) is 25.1. The number of fused-ring (bicyclic) bond motifs is 1. The van der Waals surface area contributed by atoms with Crippen LogP contribution in [-0.4, -0.2) is 28.6 Å². The summed E-state index contributed by atoms with van der Waals surface area (Å²) in [4.78, 5) is 29.3. The van der Waals surface area contributed by atoms with Gasteiger partial charge in [-0.2, -0.15) is 0 Å². The molecule has 43 heavy (non-hydrogen) atoms. The van der Waals surface area contributed by atoms with Crippen molar-refractivity contribution in [2.45, 2.75) is 70.8 Å². The van der Waals surface area contributed by atoms with Gasteiger partial charge in [0.25, 0.3) is 5.91 Å². The van der Waals surface area contributed by atoms with Crippen LogP contribution in [0.1, 0.15) is 87.0 Å². The number of nitrogens with one attached hydrogen (secondary N) is 1. The van der Waals surface area contributed by atoms with Gasteiger partial charge in [0.1, 0.15) is 22.9 Å². The van der Waals surface area contributed by atoms with Crippen LogP contribution in [0.2, 0.25) is 0 Å². The van der Waals surface area contributed by atoms with E-state index < -0.39 is 17.9 Å². The minimum absolute atomic E-state index is 0.0565. The highest BCUT2D eigenvalue weighted by Crippen LogP contribution is 2.30. The minimum Gasteiger partial charge on any atom is -0.494 e. The van der Waals surface area contributed by atoms with Crippen molar-refractivity contribution in [3.63, 3.8) is 0 Å². The molecule has 1 aliphatic rings. The quantitative estimate of drug-likeness (QED) is 0.185. The highest BCUT2D eigenvalue weighted by Gasteiger charge is 2.21. The van der Waals surface area contributed by atoms with Crippen molar-refractivity contribution >= 4 is 22.6 Å². The van der Waals surface area contributed by atoms with Gasteiger partial charge in [-0.05, 0) is 82.8 Å². The summed E-state index contributed by atoms with van der Waals surface area (Å²) in [6, 6.07) is 21.9. The molecule has 1 fully saturated rings. The van der Waals surface area contributed by atoms with Crippen LogP contribution in [0, 0.1) is 5.92 Å². The molecule has 1 saturated carbocycles. The number of pyridine rings is 1. The van der Waals surface area contributed by atoms with E-state index in [1.165, 1.54) is 31.2 Å². The fraction of sp³-hybridized carbons (Fsp3) is 0.361. The Labute approximate surface area is 253 Å². The van der Waals surface area contributed by atoms with Crippen LogP contribution in [0.15, 0.2) is 79.0 Å². The molecule has 5 rings (SSSR count). The second-order valence-corrected chi connectivity index (χ2v) is 12.4. The first-order chi connectivity index (χ1) is 20.6. The van der Waals surface area contributed by atoms with Gasteiger partial charge in [-0.3, -0.25) is 14.6 Å². The average Bonchev–Trinajstić information content (AvgIpc) is 3.50. The standard InChI is InChI=1S/C36H40N2O5/c1-36(2,3)28-11-16-30(17-12-28)43-31-15-10-26-23-37-33(21-27(26)20-31)35(41)38-32(22-34(39)40)25-8-13-29(14-9-25)42-19-18-24-6-4-5-7-24/h8-17,20-21,23-24,32H,4-7,18-19,22H2,1-3H3,(H,38,41)(H,39,40). The topological polar surface area (TPSA) is 97.8 Å². The van der Waals surface area contributed by atoms with E-state index in [0.717, 1.165) is 34.6 Å². The van der Waals surface area contributed by atoms with Gasteiger partial charge < -0.3 is 19.9 Å². The number of nitrogens with zero attached hydrogens (tertiary/aromatic N) is 1. The molecule has 224 valence electrons. The van der Waals surface area contributed by atoms with Crippen molar-refractivity contribution in [2.24, 2.45) is 5.92 Å². The van der Waals surface area contributed by atoms with Crippen molar-refractivity contribution in [1.82, 2.24) is 10.3 Å². The number of aromatic nitrogens is 1. The first-order valence-corrected chi connectivity index (χ1v) is 15.1. The third-order valence-electron chi connectivity index (χ3n) is 8.12. The van der Waals surface area contributed by atoms with Crippen LogP contribution in [0.4, 0.5) is 0 Å². The molecule has 1 unspecified atom stereocenters. The van der Waals surface area contributed by atoms with Gasteiger partial charge >= 0.3 is 5.97 Å². The summed E-state index contributed by atoms with van der Waals surface area (Å²) in [5.74, 6) is 1.40. The van der Waals surface area contributed by atoms with Crippen LogP contribution in [0.3, 0.4) is 0 Å². The number of hydrogen-bond acceptors (Lipinski definition) is 5. The fourth-order valence-electron chi connectivity index (χ4n) is 5.56. The summed E-state index contributed by atoms with van der Waals surface area (Å²) in [7, 11) is 0. The zero-order chi connectivity index (χ0) is 30.4. The van der Waals surface area contributed by atoms with E-state index in [1.807, 2.05) is 54.6 Å². The first kappa shape index (κ1) is 30.1. The lowest BCUT2D eigenvalue weighted by molar-refractivity contribution is -0.137. The summed E-state index contributed by atoms with van der Waals surface area (Å²) in [5.41, 5.74) is 2.16. The molecule has 0 aliphatic heterocycles. The van der Waals surface area contributed by atoms with Gasteiger partial charge in [0.2, 0.25) is 0 Å². The van der Waals surface area contributed by atoms with Crippen LogP contribution in [0.25, 0.3) is 10.8 Å². The third-order valence-corrected chi connectivity index (χ3v) is 8.12. The molecule has 0 bridgehead atoms. The number of carbonyl (C=O) groups is 2. The molecule has 1 amide bonds. The molecule has 1 heterocycles. The molecule has 2 N–H and O–H groups in total. The Morgan fingerprint density at radius 3 is 2.26 bits per heavy atom. The maximum Gasteiger partial charge on any atom is 0.305 e. The number of aliphatic carboxylic acids is 1. The largest absolute Gasteiger partial charge is 0.494 e. The van der Waals surface area contributed by atoms with Gasteiger partial charge in [-0.25, -0.2) is 0 Å². The Morgan fingerprint density at radius 2 is 1.58 bits per heavy atom. The molecule has 0 saturated heterocycles. The van der Waals surface area contributed by atoms with E-state index in [1.54, 1.807) is 12.3 Å². The monoisotopic (exact) mass is 580 g/mol. The molecule has 7 heteroatoms. The minimum atomic E-state index is -1.01. The van der Waals surface area contributed by atoms with Gasteiger partial charge in [0.15, 0.2) is 0 Å². The average molecular weight is 581 g/mol. The lowest BCUT2D eigenvalue weighted by Crippen LogP contribution is -2.30. The molecular formula is C36H40N2O5. The summed E-state index contributed by atoms with van der Waals surface area (Å²) in [5, 5.41) is 14.1. The number of amides is 1. The van der Waals surface area contributed by atoms with E-state index in [9.17, 15) is 14.7 Å². The predicted octanol–water partition coefficient (Wildman–Crippen LogP) is 8.23. The number of carbonyl (C=O) groups excluding carboxylic acids is 1. The summed E-state index contributed by atoms with van der Waals surface area (Å²) in [6.45, 7) is 7.17. The van der Waals surface area contributed by atoms with Crippen molar-refractivity contribution in [1.29, 1.82) is 0 Å². The molecule has 7 nitrogen and oxygen atoms in total. The second-order valence-electron chi connectivity index (χ2n) is 12.4. The normalized spacial score (nSPS) is 14.4. The molecule has 0 spiro atoms. The lowest BCUT2D eigenvalue weighted by atomic mass is 9.87.